The van der Waals surface area contributed by atoms with Crippen molar-refractivity contribution < 1.29 is 0 Å². The number of unbranched alkanes of at least 4 members (excludes halogenated alkanes) is 2. The molecule has 0 bridgehead atoms. The Balaban J connectivity index is 1.87. The Kier molecular flexibility index (Phi) is 5.83. The normalized spacial score (nSPS) is 12.4. The topological polar surface area (TPSA) is 40.8 Å². The summed E-state index contributed by atoms with van der Waals surface area (Å²) < 4.78 is 2.22. The second kappa shape index (κ2) is 7.85. The van der Waals surface area contributed by atoms with E-state index in [9.17, 15) is 0 Å². The average Bonchev–Trinajstić information content (AvgIpc) is 2.90. The van der Waals surface area contributed by atoms with E-state index in [1.54, 1.807) is 0 Å². The van der Waals surface area contributed by atoms with Crippen molar-refractivity contribution in [1.82, 2.24) is 9.88 Å². The quantitative estimate of drug-likeness (QED) is 0.742. The number of nitriles is 1. The molecule has 1 atom stereocenters. The molecular weight excluding hydrogens is 258 g/mol. The van der Waals surface area contributed by atoms with Crippen LogP contribution in [0.3, 0.4) is 0 Å². The lowest BCUT2D eigenvalue weighted by Gasteiger charge is -2.14. The fourth-order valence-corrected chi connectivity index (χ4v) is 2.68. The van der Waals surface area contributed by atoms with Crippen LogP contribution in [-0.2, 0) is 6.54 Å². The summed E-state index contributed by atoms with van der Waals surface area (Å²) in [5.74, 6) is 0. The van der Waals surface area contributed by atoms with E-state index in [-0.39, 0.29) is 0 Å². The van der Waals surface area contributed by atoms with E-state index in [0.717, 1.165) is 24.2 Å². The summed E-state index contributed by atoms with van der Waals surface area (Å²) in [6.45, 7) is 6.41. The first kappa shape index (κ1) is 15.6. The molecule has 0 aliphatic carbocycles. The van der Waals surface area contributed by atoms with Gasteiger partial charge in [0, 0.05) is 30.8 Å². The zero-order chi connectivity index (χ0) is 15.1. The Morgan fingerprint density at radius 2 is 2.14 bits per heavy atom. The van der Waals surface area contributed by atoms with Gasteiger partial charge in [0.1, 0.15) is 0 Å². The minimum Gasteiger partial charge on any atom is -0.346 e. The van der Waals surface area contributed by atoms with Crippen molar-refractivity contribution in [3.8, 4) is 6.07 Å². The number of fused-ring (bicyclic) bond motifs is 1. The SMILES string of the molecule is CCCCCC(C)NCCn1ccc2ccc(C#N)cc21. The fourth-order valence-electron chi connectivity index (χ4n) is 2.68. The van der Waals surface area contributed by atoms with Crippen LogP contribution in [0.25, 0.3) is 10.9 Å². The lowest BCUT2D eigenvalue weighted by Crippen LogP contribution is -2.29. The lowest BCUT2D eigenvalue weighted by molar-refractivity contribution is 0.473. The molecule has 2 aromatic rings. The maximum absolute atomic E-state index is 9.01. The molecule has 3 nitrogen and oxygen atoms in total. The van der Waals surface area contributed by atoms with E-state index in [4.69, 9.17) is 5.26 Å². The van der Waals surface area contributed by atoms with Crippen molar-refractivity contribution in [2.24, 2.45) is 0 Å². The molecule has 1 N–H and O–H groups in total. The van der Waals surface area contributed by atoms with Crippen molar-refractivity contribution in [1.29, 1.82) is 5.26 Å². The van der Waals surface area contributed by atoms with Crippen LogP contribution in [0.1, 0.15) is 45.1 Å². The standard InChI is InChI=1S/C18H25N3/c1-3-4-5-6-15(2)20-10-12-21-11-9-17-8-7-16(14-19)13-18(17)21/h7-9,11,13,15,20H,3-6,10,12H2,1-2H3. The van der Waals surface area contributed by atoms with Gasteiger partial charge in [-0.3, -0.25) is 0 Å². The number of aromatic nitrogens is 1. The van der Waals surface area contributed by atoms with Crippen LogP contribution in [0.5, 0.6) is 0 Å². The van der Waals surface area contributed by atoms with Crippen LogP contribution >= 0.6 is 0 Å². The van der Waals surface area contributed by atoms with Gasteiger partial charge < -0.3 is 9.88 Å². The highest BCUT2D eigenvalue weighted by atomic mass is 15.0. The third kappa shape index (κ3) is 4.34. The van der Waals surface area contributed by atoms with Gasteiger partial charge in [-0.2, -0.15) is 5.26 Å². The van der Waals surface area contributed by atoms with Crippen LogP contribution in [0.2, 0.25) is 0 Å². The highest BCUT2D eigenvalue weighted by molar-refractivity contribution is 5.81. The van der Waals surface area contributed by atoms with Crippen molar-refractivity contribution in [2.45, 2.75) is 52.1 Å². The van der Waals surface area contributed by atoms with Crippen molar-refractivity contribution >= 4 is 10.9 Å². The molecule has 0 amide bonds. The van der Waals surface area contributed by atoms with Crippen molar-refractivity contribution in [2.75, 3.05) is 6.54 Å². The highest BCUT2D eigenvalue weighted by Crippen LogP contribution is 2.17. The average molecular weight is 283 g/mol. The minimum atomic E-state index is 0.577. The van der Waals surface area contributed by atoms with E-state index in [2.05, 4.69) is 42.1 Å². The van der Waals surface area contributed by atoms with E-state index >= 15 is 0 Å². The Labute approximate surface area is 127 Å². The summed E-state index contributed by atoms with van der Waals surface area (Å²) in [6, 6.07) is 10.8. The van der Waals surface area contributed by atoms with E-state index in [0.29, 0.717) is 6.04 Å². The Morgan fingerprint density at radius 3 is 2.90 bits per heavy atom. The monoisotopic (exact) mass is 283 g/mol. The van der Waals surface area contributed by atoms with Gasteiger partial charge in [-0.15, -0.1) is 0 Å². The molecule has 3 heteroatoms. The summed E-state index contributed by atoms with van der Waals surface area (Å²) >= 11 is 0. The van der Waals surface area contributed by atoms with Gasteiger partial charge in [0.15, 0.2) is 0 Å². The molecule has 0 saturated heterocycles. The molecule has 0 radical (unpaired) electrons. The number of hydrogen-bond donors (Lipinski definition) is 1. The molecular formula is C18H25N3. The molecule has 0 fully saturated rings. The molecule has 0 saturated carbocycles. The first-order valence-electron chi connectivity index (χ1n) is 7.97. The summed E-state index contributed by atoms with van der Waals surface area (Å²) in [5.41, 5.74) is 1.87. The Hall–Kier alpha value is -1.79. The summed E-state index contributed by atoms with van der Waals surface area (Å²) in [5, 5.41) is 13.8. The van der Waals surface area contributed by atoms with Crippen LogP contribution in [0.4, 0.5) is 0 Å². The third-order valence-corrected chi connectivity index (χ3v) is 3.99. The van der Waals surface area contributed by atoms with Crippen molar-refractivity contribution in [3.05, 3.63) is 36.0 Å². The maximum Gasteiger partial charge on any atom is 0.0992 e. The van der Waals surface area contributed by atoms with Gasteiger partial charge in [0.25, 0.3) is 0 Å². The second-order valence-corrected chi connectivity index (χ2v) is 5.75. The van der Waals surface area contributed by atoms with Gasteiger partial charge in [-0.25, -0.2) is 0 Å². The number of hydrogen-bond acceptors (Lipinski definition) is 2. The van der Waals surface area contributed by atoms with Crippen LogP contribution in [0.15, 0.2) is 30.5 Å². The maximum atomic E-state index is 9.01. The highest BCUT2D eigenvalue weighted by Gasteiger charge is 2.04. The molecule has 0 spiro atoms. The number of benzene rings is 1. The molecule has 2 rings (SSSR count). The van der Waals surface area contributed by atoms with Gasteiger partial charge in [0.2, 0.25) is 0 Å². The predicted molar refractivity (Wildman–Crippen MR) is 88.3 cm³/mol. The zero-order valence-electron chi connectivity index (χ0n) is 13.1. The van der Waals surface area contributed by atoms with Gasteiger partial charge >= 0.3 is 0 Å². The summed E-state index contributed by atoms with van der Waals surface area (Å²) in [7, 11) is 0. The smallest absolute Gasteiger partial charge is 0.0992 e. The fraction of sp³-hybridized carbons (Fsp3) is 0.500. The first-order chi connectivity index (χ1) is 10.2. The van der Waals surface area contributed by atoms with Gasteiger partial charge in [0.05, 0.1) is 11.6 Å². The van der Waals surface area contributed by atoms with Crippen LogP contribution < -0.4 is 5.32 Å². The second-order valence-electron chi connectivity index (χ2n) is 5.75. The molecule has 1 unspecified atom stereocenters. The predicted octanol–water partition coefficient (Wildman–Crippen LogP) is 4.07. The lowest BCUT2D eigenvalue weighted by atomic mass is 10.1. The third-order valence-electron chi connectivity index (χ3n) is 3.99. The van der Waals surface area contributed by atoms with E-state index in [1.165, 1.54) is 31.1 Å². The Bertz CT molecular complexity index is 606. The van der Waals surface area contributed by atoms with Gasteiger partial charge in [-0.1, -0.05) is 32.3 Å². The molecule has 1 aromatic heterocycles. The summed E-state index contributed by atoms with van der Waals surface area (Å²) in [6.07, 6.45) is 7.27. The molecule has 1 aromatic carbocycles. The zero-order valence-corrected chi connectivity index (χ0v) is 13.1. The van der Waals surface area contributed by atoms with Crippen molar-refractivity contribution in [3.63, 3.8) is 0 Å². The van der Waals surface area contributed by atoms with E-state index < -0.39 is 0 Å². The number of rotatable bonds is 8. The van der Waals surface area contributed by atoms with Crippen LogP contribution in [0, 0.1) is 11.3 Å². The largest absolute Gasteiger partial charge is 0.346 e. The van der Waals surface area contributed by atoms with E-state index in [1.807, 2.05) is 18.2 Å². The summed E-state index contributed by atoms with van der Waals surface area (Å²) in [4.78, 5) is 0. The Morgan fingerprint density at radius 1 is 1.29 bits per heavy atom. The number of nitrogens with zero attached hydrogens (tertiary/aromatic N) is 2. The van der Waals surface area contributed by atoms with Gasteiger partial charge in [-0.05, 0) is 36.9 Å². The molecule has 112 valence electrons. The molecule has 0 aliphatic heterocycles. The molecule has 1 heterocycles. The molecule has 21 heavy (non-hydrogen) atoms. The minimum absolute atomic E-state index is 0.577. The van der Waals surface area contributed by atoms with Crippen LogP contribution in [-0.4, -0.2) is 17.2 Å². The first-order valence-corrected chi connectivity index (χ1v) is 7.97. The number of nitrogens with one attached hydrogen (secondary N) is 1. The molecule has 0 aliphatic rings.